The van der Waals surface area contributed by atoms with Gasteiger partial charge in [0, 0.05) is 7.05 Å². The largest absolute Gasteiger partial charge is 0.326 e. The highest BCUT2D eigenvalue weighted by atomic mass is 35.5. The van der Waals surface area contributed by atoms with Gasteiger partial charge in [-0.25, -0.2) is 15.0 Å². The minimum atomic E-state index is 0.154. The third kappa shape index (κ3) is 1.74. The van der Waals surface area contributed by atoms with Crippen molar-refractivity contribution in [3.05, 3.63) is 40.8 Å². The molecule has 0 saturated carbocycles. The Kier molecular flexibility index (Phi) is 2.69. The number of aromatic nitrogens is 4. The van der Waals surface area contributed by atoms with E-state index < -0.39 is 0 Å². The third-order valence-electron chi connectivity index (χ3n) is 2.71. The molecule has 0 radical (unpaired) electrons. The normalized spacial score (nSPS) is 11.1. The van der Waals surface area contributed by atoms with Crippen LogP contribution in [0.4, 0.5) is 0 Å². The summed E-state index contributed by atoms with van der Waals surface area (Å²) in [6.45, 7) is 0. The van der Waals surface area contributed by atoms with Crippen LogP contribution < -0.4 is 0 Å². The average molecular weight is 279 g/mol. The van der Waals surface area contributed by atoms with E-state index in [1.165, 1.54) is 6.20 Å². The third-order valence-corrected chi connectivity index (χ3v) is 3.17. The van der Waals surface area contributed by atoms with E-state index in [1.54, 1.807) is 0 Å². The molecule has 90 valence electrons. The zero-order chi connectivity index (χ0) is 12.7. The van der Waals surface area contributed by atoms with Crippen molar-refractivity contribution >= 4 is 34.2 Å². The summed E-state index contributed by atoms with van der Waals surface area (Å²) in [6, 6.07) is 7.83. The number of fused-ring (bicyclic) bond motifs is 1. The second kappa shape index (κ2) is 4.23. The molecule has 6 heteroatoms. The summed E-state index contributed by atoms with van der Waals surface area (Å²) in [5, 5.41) is 0.583. The number of hydrogen-bond donors (Lipinski definition) is 0. The molecule has 0 fully saturated rings. The van der Waals surface area contributed by atoms with E-state index >= 15 is 0 Å². The van der Waals surface area contributed by atoms with E-state index in [4.69, 9.17) is 23.2 Å². The minimum Gasteiger partial charge on any atom is -0.326 e. The Balaban J connectivity index is 2.31. The van der Waals surface area contributed by atoms with Crippen molar-refractivity contribution in [2.24, 2.45) is 7.05 Å². The second-order valence-electron chi connectivity index (χ2n) is 3.82. The minimum absolute atomic E-state index is 0.154. The molecule has 2 aromatic heterocycles. The van der Waals surface area contributed by atoms with Gasteiger partial charge in [0.15, 0.2) is 5.82 Å². The van der Waals surface area contributed by atoms with Gasteiger partial charge >= 0.3 is 0 Å². The van der Waals surface area contributed by atoms with Gasteiger partial charge in [-0.05, 0) is 23.7 Å². The quantitative estimate of drug-likeness (QED) is 0.642. The van der Waals surface area contributed by atoms with Crippen LogP contribution in [-0.4, -0.2) is 19.5 Å². The van der Waals surface area contributed by atoms with Gasteiger partial charge in [-0.15, -0.1) is 0 Å². The number of nitrogens with zero attached hydrogens (tertiary/aromatic N) is 4. The van der Waals surface area contributed by atoms with Crippen molar-refractivity contribution < 1.29 is 0 Å². The zero-order valence-corrected chi connectivity index (χ0v) is 10.9. The first-order chi connectivity index (χ1) is 8.66. The molecular formula is C12H8Cl2N4. The standard InChI is InChI=1S/C12H8Cl2N4/c1-18-9-5-3-2-4-8(9)16-11(18)10-7(13)6-15-12(14)17-10/h2-6H,1H3. The van der Waals surface area contributed by atoms with Crippen molar-refractivity contribution in [1.29, 1.82) is 0 Å². The molecular weight excluding hydrogens is 271 g/mol. The Morgan fingerprint density at radius 1 is 1.11 bits per heavy atom. The van der Waals surface area contributed by atoms with Gasteiger partial charge in [-0.1, -0.05) is 23.7 Å². The number of imidazole rings is 1. The topological polar surface area (TPSA) is 43.6 Å². The molecule has 1 aromatic carbocycles. The number of hydrogen-bond acceptors (Lipinski definition) is 3. The maximum atomic E-state index is 6.09. The summed E-state index contributed by atoms with van der Waals surface area (Å²) < 4.78 is 1.93. The lowest BCUT2D eigenvalue weighted by Crippen LogP contribution is -1.96. The first-order valence-corrected chi connectivity index (χ1v) is 6.02. The van der Waals surface area contributed by atoms with Gasteiger partial charge in [-0.2, -0.15) is 0 Å². The zero-order valence-electron chi connectivity index (χ0n) is 9.43. The van der Waals surface area contributed by atoms with Crippen molar-refractivity contribution in [1.82, 2.24) is 19.5 Å². The Bertz CT molecular complexity index is 736. The molecule has 3 aromatic rings. The molecule has 0 spiro atoms. The van der Waals surface area contributed by atoms with Crippen molar-refractivity contribution in [3.8, 4) is 11.5 Å². The molecule has 0 aliphatic rings. The fourth-order valence-electron chi connectivity index (χ4n) is 1.86. The van der Waals surface area contributed by atoms with E-state index in [9.17, 15) is 0 Å². The summed E-state index contributed by atoms with van der Waals surface area (Å²) in [6.07, 6.45) is 1.48. The summed E-state index contributed by atoms with van der Waals surface area (Å²) in [5.41, 5.74) is 2.44. The molecule has 0 atom stereocenters. The molecule has 2 heterocycles. The van der Waals surface area contributed by atoms with Crippen LogP contribution in [0.15, 0.2) is 30.5 Å². The predicted octanol–water partition coefficient (Wildman–Crippen LogP) is 3.34. The Hall–Kier alpha value is -1.65. The van der Waals surface area contributed by atoms with Crippen LogP contribution in [-0.2, 0) is 7.05 Å². The Morgan fingerprint density at radius 2 is 1.89 bits per heavy atom. The van der Waals surface area contributed by atoms with Gasteiger partial charge in [0.2, 0.25) is 5.28 Å². The highest BCUT2D eigenvalue weighted by molar-refractivity contribution is 6.33. The van der Waals surface area contributed by atoms with Gasteiger partial charge in [0.1, 0.15) is 5.69 Å². The molecule has 0 unspecified atom stereocenters. The SMILES string of the molecule is Cn1c(-c2nc(Cl)ncc2Cl)nc2ccccc21. The van der Waals surface area contributed by atoms with Gasteiger partial charge < -0.3 is 4.57 Å². The predicted molar refractivity (Wildman–Crippen MR) is 71.8 cm³/mol. The molecule has 0 bridgehead atoms. The monoisotopic (exact) mass is 278 g/mol. The van der Waals surface area contributed by atoms with Crippen LogP contribution in [0.2, 0.25) is 10.3 Å². The second-order valence-corrected chi connectivity index (χ2v) is 4.56. The van der Waals surface area contributed by atoms with Crippen molar-refractivity contribution in [2.45, 2.75) is 0 Å². The van der Waals surface area contributed by atoms with Gasteiger partial charge in [0.25, 0.3) is 0 Å². The molecule has 0 N–H and O–H groups in total. The lowest BCUT2D eigenvalue weighted by Gasteiger charge is -2.03. The van der Waals surface area contributed by atoms with E-state index in [0.29, 0.717) is 16.5 Å². The summed E-state index contributed by atoms with van der Waals surface area (Å²) in [7, 11) is 1.91. The van der Waals surface area contributed by atoms with Crippen LogP contribution in [0.3, 0.4) is 0 Å². The van der Waals surface area contributed by atoms with Gasteiger partial charge in [-0.3, -0.25) is 0 Å². The number of halogens is 2. The number of rotatable bonds is 1. The highest BCUT2D eigenvalue weighted by Gasteiger charge is 2.14. The fourth-order valence-corrected chi connectivity index (χ4v) is 2.17. The van der Waals surface area contributed by atoms with Crippen LogP contribution in [0.1, 0.15) is 0 Å². The van der Waals surface area contributed by atoms with E-state index in [1.807, 2.05) is 35.9 Å². The lowest BCUT2D eigenvalue weighted by molar-refractivity contribution is 0.947. The molecule has 4 nitrogen and oxygen atoms in total. The first-order valence-electron chi connectivity index (χ1n) is 5.26. The average Bonchev–Trinajstić information content (AvgIpc) is 2.71. The highest BCUT2D eigenvalue weighted by Crippen LogP contribution is 2.27. The maximum absolute atomic E-state index is 6.09. The number of benzene rings is 1. The number of aryl methyl sites for hydroxylation is 1. The Morgan fingerprint density at radius 3 is 2.67 bits per heavy atom. The lowest BCUT2D eigenvalue weighted by atomic mass is 10.3. The van der Waals surface area contributed by atoms with E-state index in [-0.39, 0.29) is 5.28 Å². The summed E-state index contributed by atoms with van der Waals surface area (Å²) >= 11 is 11.9. The molecule has 18 heavy (non-hydrogen) atoms. The maximum Gasteiger partial charge on any atom is 0.223 e. The summed E-state index contributed by atoms with van der Waals surface area (Å²) in [5.74, 6) is 0.672. The summed E-state index contributed by atoms with van der Waals surface area (Å²) in [4.78, 5) is 12.5. The number of para-hydroxylation sites is 2. The van der Waals surface area contributed by atoms with E-state index in [2.05, 4.69) is 15.0 Å². The molecule has 0 aliphatic carbocycles. The van der Waals surface area contributed by atoms with Crippen LogP contribution in [0.25, 0.3) is 22.6 Å². The Labute approximate surface area is 113 Å². The van der Waals surface area contributed by atoms with Crippen LogP contribution >= 0.6 is 23.2 Å². The van der Waals surface area contributed by atoms with Gasteiger partial charge in [0.05, 0.1) is 22.3 Å². The van der Waals surface area contributed by atoms with E-state index in [0.717, 1.165) is 11.0 Å². The van der Waals surface area contributed by atoms with Crippen molar-refractivity contribution in [3.63, 3.8) is 0 Å². The molecule has 0 saturated heterocycles. The fraction of sp³-hybridized carbons (Fsp3) is 0.0833. The van der Waals surface area contributed by atoms with Crippen LogP contribution in [0.5, 0.6) is 0 Å². The molecule has 3 rings (SSSR count). The molecule has 0 aliphatic heterocycles. The smallest absolute Gasteiger partial charge is 0.223 e. The first kappa shape index (κ1) is 11.4. The molecule has 0 amide bonds. The van der Waals surface area contributed by atoms with Crippen molar-refractivity contribution in [2.75, 3.05) is 0 Å². The van der Waals surface area contributed by atoms with Crippen LogP contribution in [0, 0.1) is 0 Å².